The van der Waals surface area contributed by atoms with Gasteiger partial charge in [-0.3, -0.25) is 0 Å². The summed E-state index contributed by atoms with van der Waals surface area (Å²) in [6.07, 6.45) is -1.40. The Kier molecular flexibility index (Phi) is 2.04. The van der Waals surface area contributed by atoms with Crippen LogP contribution in [-0.4, -0.2) is 12.6 Å². The van der Waals surface area contributed by atoms with Crippen molar-refractivity contribution in [1.29, 1.82) is 0 Å². The minimum absolute atomic E-state index is 0.0440. The van der Waals surface area contributed by atoms with Gasteiger partial charge in [-0.1, -0.05) is 0 Å². The van der Waals surface area contributed by atoms with E-state index in [4.69, 9.17) is 0 Å². The van der Waals surface area contributed by atoms with Gasteiger partial charge in [0.25, 0.3) is 0 Å². The Morgan fingerprint density at radius 2 is 2.50 bits per heavy atom. The van der Waals surface area contributed by atoms with Crippen LogP contribution >= 0.6 is 0 Å². The minimum Gasteiger partial charge on any atom is -0.529 e. The Hall–Kier alpha value is -0.860. The lowest BCUT2D eigenvalue weighted by Gasteiger charge is -1.86. The average molecular weight is 86.1 g/mol. The molecule has 0 aromatic heterocycles. The maximum Gasteiger partial charge on any atom is 0.177 e. The largest absolute Gasteiger partial charge is 0.529 e. The number of hydrogen-bond donors (Lipinski definition) is 0. The number of nitrogens with zero attached hydrogens (tertiary/aromatic N) is 1. The second-order valence-electron chi connectivity index (χ2n) is 0.648. The van der Waals surface area contributed by atoms with Crippen molar-refractivity contribution in [3.05, 3.63) is 6.92 Å². The first-order valence-corrected chi connectivity index (χ1v) is 1.45. The summed E-state index contributed by atoms with van der Waals surface area (Å²) >= 11 is 0. The predicted molar refractivity (Wildman–Crippen MR) is 18.3 cm³/mol. The molecule has 0 aromatic rings. The third kappa shape index (κ3) is 3.14. The van der Waals surface area contributed by atoms with E-state index in [1.807, 2.05) is 0 Å². The van der Waals surface area contributed by atoms with Crippen LogP contribution in [0.4, 0.5) is 0 Å². The first-order chi connectivity index (χ1) is 2.77. The molecule has 0 aromatic carbocycles. The van der Waals surface area contributed by atoms with Gasteiger partial charge in [0.15, 0.2) is 12.6 Å². The molecule has 0 fully saturated rings. The van der Waals surface area contributed by atoms with E-state index in [9.17, 15) is 10.2 Å². The molecule has 0 N–H and O–H groups in total. The van der Waals surface area contributed by atoms with Crippen molar-refractivity contribution in [3.63, 3.8) is 0 Å². The van der Waals surface area contributed by atoms with Gasteiger partial charge in [0.1, 0.15) is 0 Å². The quantitative estimate of drug-likeness (QED) is 0.228. The molecule has 0 heterocycles. The molecule has 0 bridgehead atoms. The van der Waals surface area contributed by atoms with Crippen molar-refractivity contribution in [2.24, 2.45) is 4.99 Å². The highest BCUT2D eigenvalue weighted by Gasteiger charge is 1.69. The summed E-state index contributed by atoms with van der Waals surface area (Å²) in [5.74, 6) is 0. The molecule has 6 heavy (non-hydrogen) atoms. The Morgan fingerprint density at radius 3 is 2.50 bits per heavy atom. The van der Waals surface area contributed by atoms with E-state index < -0.39 is 6.08 Å². The molecule has 0 rings (SSSR count). The first kappa shape index (κ1) is 5.14. The fourth-order valence-electron chi connectivity index (χ4n) is 0.0913. The van der Waals surface area contributed by atoms with E-state index in [1.54, 1.807) is 0 Å². The fourth-order valence-corrected chi connectivity index (χ4v) is 0.0913. The standard InChI is InChI=1S/C3H4NO2/c1-2-4-3(5)6/h1-2H2. The van der Waals surface area contributed by atoms with Crippen molar-refractivity contribution in [1.82, 2.24) is 0 Å². The molecule has 0 atom stereocenters. The van der Waals surface area contributed by atoms with Crippen LogP contribution in [0.2, 0.25) is 0 Å². The van der Waals surface area contributed by atoms with Crippen molar-refractivity contribution >= 4 is 6.08 Å². The summed E-state index contributed by atoms with van der Waals surface area (Å²) < 4.78 is 0. The molecular weight excluding hydrogens is 82.0 g/mol. The lowest BCUT2D eigenvalue weighted by Crippen LogP contribution is -2.13. The Balaban J connectivity index is 3.14. The number of hydrogen-bond acceptors (Lipinski definition) is 2. The van der Waals surface area contributed by atoms with Gasteiger partial charge in [0.05, 0.1) is 6.92 Å². The normalized spacial score (nSPS) is 7.33. The predicted octanol–water partition coefficient (Wildman–Crippen LogP) is -1.03. The molecule has 0 aliphatic carbocycles. The summed E-state index contributed by atoms with van der Waals surface area (Å²) in [7, 11) is 0. The summed E-state index contributed by atoms with van der Waals surface area (Å²) in [5, 5.41) is 18.6. The molecular formula is C3H4NO2. The molecule has 33 valence electrons. The summed E-state index contributed by atoms with van der Waals surface area (Å²) in [5.41, 5.74) is 0. The van der Waals surface area contributed by atoms with Crippen molar-refractivity contribution in [3.8, 4) is 0 Å². The van der Waals surface area contributed by atoms with Crippen LogP contribution in [0.15, 0.2) is 4.99 Å². The van der Waals surface area contributed by atoms with E-state index >= 15 is 0 Å². The number of rotatable bonds is 1. The summed E-state index contributed by atoms with van der Waals surface area (Å²) in [6, 6.07) is 0. The highest BCUT2D eigenvalue weighted by molar-refractivity contribution is 5.57. The van der Waals surface area contributed by atoms with Crippen molar-refractivity contribution in [2.45, 2.75) is 0 Å². The monoisotopic (exact) mass is 86.0 g/mol. The zero-order chi connectivity index (χ0) is 4.99. The van der Waals surface area contributed by atoms with E-state index in [-0.39, 0.29) is 6.54 Å². The summed E-state index contributed by atoms with van der Waals surface area (Å²) in [4.78, 5) is 2.82. The molecule has 1 radical (unpaired) electrons. The van der Waals surface area contributed by atoms with Crippen LogP contribution in [-0.2, 0) is 5.11 Å². The molecule has 3 nitrogen and oxygen atoms in total. The zero-order valence-electron chi connectivity index (χ0n) is 3.18. The van der Waals surface area contributed by atoms with Crippen molar-refractivity contribution < 1.29 is 10.2 Å². The number of aliphatic imine (C=N–C) groups is 1. The molecule has 0 amide bonds. The molecule has 3 heteroatoms. The van der Waals surface area contributed by atoms with Gasteiger partial charge in [0.2, 0.25) is 0 Å². The Morgan fingerprint density at radius 1 is 2.00 bits per heavy atom. The third-order valence-electron chi connectivity index (χ3n) is 0.241. The fraction of sp³-hybridized carbons (Fsp3) is 0.333. The van der Waals surface area contributed by atoms with Gasteiger partial charge in [-0.2, -0.15) is 0 Å². The molecule has 0 saturated carbocycles. The van der Waals surface area contributed by atoms with Crippen molar-refractivity contribution in [2.75, 3.05) is 6.54 Å². The van der Waals surface area contributed by atoms with Crippen LogP contribution in [0.25, 0.3) is 0 Å². The highest BCUT2D eigenvalue weighted by Crippen LogP contribution is 1.60. The molecule has 0 spiro atoms. The van der Waals surface area contributed by atoms with E-state index in [2.05, 4.69) is 11.9 Å². The maximum atomic E-state index is 9.28. The van der Waals surface area contributed by atoms with Crippen LogP contribution in [0, 0.1) is 6.92 Å². The lowest BCUT2D eigenvalue weighted by molar-refractivity contribution is -0.251. The lowest BCUT2D eigenvalue weighted by atomic mass is 10.8. The van der Waals surface area contributed by atoms with Gasteiger partial charge < -0.3 is 10.2 Å². The minimum atomic E-state index is -1.40. The van der Waals surface area contributed by atoms with Crippen LogP contribution in [0.5, 0.6) is 0 Å². The maximum absolute atomic E-state index is 9.28. The van der Waals surface area contributed by atoms with Crippen LogP contribution in [0.1, 0.15) is 0 Å². The molecule has 0 saturated heterocycles. The smallest absolute Gasteiger partial charge is 0.177 e. The molecule has 0 aliphatic rings. The Bertz CT molecular complexity index is 55.8. The Labute approximate surface area is 36.0 Å². The first-order valence-electron chi connectivity index (χ1n) is 1.45. The topological polar surface area (TPSA) is 55.3 Å². The molecule has 0 aliphatic heterocycles. The van der Waals surface area contributed by atoms with E-state index in [1.165, 1.54) is 0 Å². The second kappa shape index (κ2) is 2.38. The van der Waals surface area contributed by atoms with Gasteiger partial charge in [-0.05, 0) is 0 Å². The highest BCUT2D eigenvalue weighted by atomic mass is 16.5. The van der Waals surface area contributed by atoms with E-state index in [0.717, 1.165) is 0 Å². The van der Waals surface area contributed by atoms with Gasteiger partial charge in [-0.15, -0.1) is 0 Å². The SMILES string of the molecule is [CH2+]CN=C([O])[O-]. The second-order valence-corrected chi connectivity index (χ2v) is 0.648. The molecule has 0 unspecified atom stereocenters. The van der Waals surface area contributed by atoms with Crippen LogP contribution in [0.3, 0.4) is 0 Å². The van der Waals surface area contributed by atoms with Gasteiger partial charge >= 0.3 is 0 Å². The van der Waals surface area contributed by atoms with Crippen LogP contribution < -0.4 is 5.11 Å². The summed E-state index contributed by atoms with van der Waals surface area (Å²) in [6.45, 7) is 3.18. The van der Waals surface area contributed by atoms with Gasteiger partial charge in [0, 0.05) is 0 Å². The third-order valence-corrected chi connectivity index (χ3v) is 0.241. The van der Waals surface area contributed by atoms with E-state index in [0.29, 0.717) is 0 Å². The average Bonchev–Trinajstić information content (AvgIpc) is 1.35. The zero-order valence-corrected chi connectivity index (χ0v) is 3.18. The van der Waals surface area contributed by atoms with Gasteiger partial charge in [-0.25, -0.2) is 4.99 Å².